The standard InChI is InChI=1S/C32H33N5O3S/c1-21(2)23-12-14-24(15-13-23)34-29(39)20-41-32-35-26-11-7-6-10-25(26)30-36-31(40)27(37(30)32)16-17-28(38)33-19-18-22-8-4-3-5-9-22/h3-15,21,27H,16-20H2,1-2H3,(H,33,38)(H,34,39). The van der Waals surface area contributed by atoms with E-state index >= 15 is 0 Å². The van der Waals surface area contributed by atoms with Crippen LogP contribution in [-0.2, 0) is 20.8 Å². The Morgan fingerprint density at radius 1 is 0.927 bits per heavy atom. The van der Waals surface area contributed by atoms with Crippen molar-refractivity contribution in [1.29, 1.82) is 0 Å². The van der Waals surface area contributed by atoms with Crippen LogP contribution in [0, 0.1) is 0 Å². The number of nitrogens with one attached hydrogen (secondary N) is 2. The Hall–Kier alpha value is -4.24. The summed E-state index contributed by atoms with van der Waals surface area (Å²) in [6.45, 7) is 4.78. The minimum absolute atomic E-state index is 0.109. The zero-order valence-corrected chi connectivity index (χ0v) is 24.0. The monoisotopic (exact) mass is 567 g/mol. The number of carbonyl (C=O) groups is 3. The van der Waals surface area contributed by atoms with Crippen molar-refractivity contribution < 1.29 is 14.4 Å². The van der Waals surface area contributed by atoms with E-state index in [1.165, 1.54) is 17.3 Å². The van der Waals surface area contributed by atoms with Crippen LogP contribution in [0.15, 0.2) is 88.8 Å². The van der Waals surface area contributed by atoms with Gasteiger partial charge >= 0.3 is 0 Å². The summed E-state index contributed by atoms with van der Waals surface area (Å²) in [7, 11) is 0. The minimum Gasteiger partial charge on any atom is -0.356 e. The predicted molar refractivity (Wildman–Crippen MR) is 165 cm³/mol. The fourth-order valence-electron chi connectivity index (χ4n) is 4.80. The molecule has 9 heteroatoms. The Balaban J connectivity index is 1.22. The van der Waals surface area contributed by atoms with Gasteiger partial charge in [-0.05, 0) is 54.2 Å². The third kappa shape index (κ3) is 6.92. The second kappa shape index (κ2) is 13.0. The maximum Gasteiger partial charge on any atom is 0.270 e. The average Bonchev–Trinajstić information content (AvgIpc) is 3.31. The molecule has 2 aliphatic heterocycles. The number of fused-ring (bicyclic) bond motifs is 3. The lowest BCUT2D eigenvalue weighted by Crippen LogP contribution is -2.44. The maximum absolute atomic E-state index is 13.1. The summed E-state index contributed by atoms with van der Waals surface area (Å²) in [5, 5.41) is 6.40. The summed E-state index contributed by atoms with van der Waals surface area (Å²) < 4.78 is 0. The van der Waals surface area contributed by atoms with Gasteiger partial charge in [0.15, 0.2) is 5.17 Å². The molecule has 2 heterocycles. The summed E-state index contributed by atoms with van der Waals surface area (Å²) in [5.41, 5.74) is 4.54. The van der Waals surface area contributed by atoms with Crippen molar-refractivity contribution in [2.75, 3.05) is 17.6 Å². The van der Waals surface area contributed by atoms with Crippen LogP contribution in [0.3, 0.4) is 0 Å². The van der Waals surface area contributed by atoms with Gasteiger partial charge < -0.3 is 10.6 Å². The van der Waals surface area contributed by atoms with E-state index in [0.717, 1.165) is 23.2 Å². The molecule has 0 radical (unpaired) electrons. The Labute approximate surface area is 244 Å². The Bertz CT molecular complexity index is 1480. The summed E-state index contributed by atoms with van der Waals surface area (Å²) >= 11 is 1.25. The highest BCUT2D eigenvalue weighted by atomic mass is 32.2. The highest BCUT2D eigenvalue weighted by Gasteiger charge is 2.41. The SMILES string of the molecule is CC(C)c1ccc(NC(=O)CSC2=Nc3ccccc3C3=NC(=O)C(CCC(=O)NCCc4ccccc4)N23)cc1. The first-order valence-corrected chi connectivity index (χ1v) is 14.8. The van der Waals surface area contributed by atoms with Gasteiger partial charge in [-0.1, -0.05) is 80.2 Å². The van der Waals surface area contributed by atoms with Crippen LogP contribution in [0.25, 0.3) is 0 Å². The van der Waals surface area contributed by atoms with E-state index in [9.17, 15) is 14.4 Å². The fourth-order valence-corrected chi connectivity index (χ4v) is 5.65. The molecule has 2 N–H and O–H groups in total. The van der Waals surface area contributed by atoms with Crippen LogP contribution in [0.5, 0.6) is 0 Å². The number of aliphatic imine (C=N–C) groups is 2. The van der Waals surface area contributed by atoms with E-state index in [0.29, 0.717) is 35.6 Å². The van der Waals surface area contributed by atoms with Crippen LogP contribution in [-0.4, -0.2) is 52.0 Å². The lowest BCUT2D eigenvalue weighted by atomic mass is 10.0. The quantitative estimate of drug-likeness (QED) is 0.347. The Morgan fingerprint density at radius 3 is 2.41 bits per heavy atom. The van der Waals surface area contributed by atoms with Gasteiger partial charge in [-0.3, -0.25) is 19.3 Å². The van der Waals surface area contributed by atoms with E-state index < -0.39 is 6.04 Å². The first-order chi connectivity index (χ1) is 19.9. The van der Waals surface area contributed by atoms with Crippen LogP contribution in [0.4, 0.5) is 11.4 Å². The second-order valence-electron chi connectivity index (χ2n) is 10.3. The van der Waals surface area contributed by atoms with Gasteiger partial charge in [0.25, 0.3) is 5.91 Å². The largest absolute Gasteiger partial charge is 0.356 e. The summed E-state index contributed by atoms with van der Waals surface area (Å²) in [6, 6.07) is 24.6. The van der Waals surface area contributed by atoms with Crippen LogP contribution in [0.2, 0.25) is 0 Å². The van der Waals surface area contributed by atoms with E-state index in [1.807, 2.05) is 78.9 Å². The molecule has 3 aromatic rings. The molecule has 3 aromatic carbocycles. The summed E-state index contributed by atoms with van der Waals surface area (Å²) in [6.07, 6.45) is 1.21. The number of hydrogen-bond donors (Lipinski definition) is 2. The number of para-hydroxylation sites is 1. The highest BCUT2D eigenvalue weighted by molar-refractivity contribution is 8.14. The second-order valence-corrected chi connectivity index (χ2v) is 11.3. The molecular weight excluding hydrogens is 534 g/mol. The molecule has 0 saturated heterocycles. The van der Waals surface area contributed by atoms with Crippen LogP contribution in [0.1, 0.15) is 49.3 Å². The molecule has 0 bridgehead atoms. The lowest BCUT2D eigenvalue weighted by molar-refractivity contribution is -0.122. The van der Waals surface area contributed by atoms with Gasteiger partial charge in [0, 0.05) is 24.2 Å². The molecule has 0 fully saturated rings. The van der Waals surface area contributed by atoms with Gasteiger partial charge in [0.05, 0.1) is 11.4 Å². The normalized spacial score (nSPS) is 15.6. The summed E-state index contributed by atoms with van der Waals surface area (Å²) in [5.74, 6) is 0.437. The smallest absolute Gasteiger partial charge is 0.270 e. The minimum atomic E-state index is -0.656. The number of rotatable bonds is 10. The number of thioether (sulfide) groups is 1. The van der Waals surface area contributed by atoms with Crippen molar-refractivity contribution in [3.8, 4) is 0 Å². The predicted octanol–water partition coefficient (Wildman–Crippen LogP) is 5.28. The topological polar surface area (TPSA) is 103 Å². The number of anilines is 1. The lowest BCUT2D eigenvalue weighted by Gasteiger charge is -2.31. The van der Waals surface area contributed by atoms with E-state index in [1.54, 1.807) is 4.90 Å². The number of carbonyl (C=O) groups excluding carboxylic acids is 3. The molecular formula is C32H33N5O3S. The van der Waals surface area contributed by atoms with E-state index in [-0.39, 0.29) is 29.9 Å². The maximum atomic E-state index is 13.1. The number of nitrogens with zero attached hydrogens (tertiary/aromatic N) is 3. The van der Waals surface area contributed by atoms with Gasteiger partial charge in [-0.25, -0.2) is 4.99 Å². The van der Waals surface area contributed by atoms with Crippen molar-refractivity contribution in [3.63, 3.8) is 0 Å². The molecule has 1 unspecified atom stereocenters. The van der Waals surface area contributed by atoms with Crippen molar-refractivity contribution in [1.82, 2.24) is 10.2 Å². The Morgan fingerprint density at radius 2 is 1.66 bits per heavy atom. The Kier molecular flexibility index (Phi) is 8.94. The zero-order valence-electron chi connectivity index (χ0n) is 23.2. The number of amidine groups is 2. The van der Waals surface area contributed by atoms with Gasteiger partial charge in [-0.2, -0.15) is 4.99 Å². The van der Waals surface area contributed by atoms with Crippen molar-refractivity contribution in [3.05, 3.63) is 95.6 Å². The van der Waals surface area contributed by atoms with Crippen molar-refractivity contribution in [2.45, 2.75) is 45.1 Å². The first-order valence-electron chi connectivity index (χ1n) is 13.8. The van der Waals surface area contributed by atoms with Crippen molar-refractivity contribution >= 4 is 51.9 Å². The molecule has 210 valence electrons. The zero-order chi connectivity index (χ0) is 28.8. The highest BCUT2D eigenvalue weighted by Crippen LogP contribution is 2.35. The summed E-state index contributed by atoms with van der Waals surface area (Å²) in [4.78, 5) is 49.4. The first kappa shape index (κ1) is 28.3. The van der Waals surface area contributed by atoms with Crippen LogP contribution >= 0.6 is 11.8 Å². The van der Waals surface area contributed by atoms with Gasteiger partial charge in [0.1, 0.15) is 11.9 Å². The van der Waals surface area contributed by atoms with E-state index in [2.05, 4.69) is 29.5 Å². The molecule has 0 aromatic heterocycles. The number of benzene rings is 3. The molecule has 1 atom stereocenters. The molecule has 41 heavy (non-hydrogen) atoms. The third-order valence-electron chi connectivity index (χ3n) is 7.03. The average molecular weight is 568 g/mol. The molecule has 3 amide bonds. The molecule has 0 saturated carbocycles. The van der Waals surface area contributed by atoms with Gasteiger partial charge in [0.2, 0.25) is 11.8 Å². The van der Waals surface area contributed by atoms with Crippen molar-refractivity contribution in [2.24, 2.45) is 9.98 Å². The van der Waals surface area contributed by atoms with Crippen LogP contribution < -0.4 is 10.6 Å². The molecule has 5 rings (SSSR count). The third-order valence-corrected chi connectivity index (χ3v) is 7.98. The number of hydrogen-bond acceptors (Lipinski definition) is 6. The van der Waals surface area contributed by atoms with Gasteiger partial charge in [-0.15, -0.1) is 0 Å². The fraction of sp³-hybridized carbons (Fsp3) is 0.281. The van der Waals surface area contributed by atoms with E-state index in [4.69, 9.17) is 4.99 Å². The number of amides is 3. The molecule has 2 aliphatic rings. The molecule has 0 spiro atoms. The molecule has 8 nitrogen and oxygen atoms in total. The molecule has 0 aliphatic carbocycles.